The van der Waals surface area contributed by atoms with Gasteiger partial charge in [0.1, 0.15) is 5.75 Å². The van der Waals surface area contributed by atoms with Crippen LogP contribution in [0.1, 0.15) is 12.5 Å². The SMILES string of the molecule is C/C(=N\NC(=O)COc1ccccc1F)c1ccccc1OC(F)F. The quantitative estimate of drug-likeness (QED) is 0.614. The molecule has 0 aromatic heterocycles. The minimum absolute atomic E-state index is 0.0596. The number of nitrogens with zero attached hydrogens (tertiary/aromatic N) is 1. The molecule has 0 saturated heterocycles. The van der Waals surface area contributed by atoms with E-state index in [-0.39, 0.29) is 17.2 Å². The van der Waals surface area contributed by atoms with Crippen molar-refractivity contribution in [2.24, 2.45) is 5.10 Å². The van der Waals surface area contributed by atoms with Gasteiger partial charge in [0.2, 0.25) is 0 Å². The van der Waals surface area contributed by atoms with Gasteiger partial charge in [0.15, 0.2) is 18.2 Å². The van der Waals surface area contributed by atoms with E-state index in [0.717, 1.165) is 0 Å². The van der Waals surface area contributed by atoms with E-state index in [9.17, 15) is 18.0 Å². The third-order valence-electron chi connectivity index (χ3n) is 3.04. The van der Waals surface area contributed by atoms with Gasteiger partial charge in [-0.25, -0.2) is 9.82 Å². The molecule has 1 amide bonds. The number of hydrazone groups is 1. The average molecular weight is 352 g/mol. The van der Waals surface area contributed by atoms with E-state index in [0.29, 0.717) is 5.56 Å². The monoisotopic (exact) mass is 352 g/mol. The van der Waals surface area contributed by atoms with Crippen molar-refractivity contribution in [1.82, 2.24) is 5.43 Å². The first-order chi connectivity index (χ1) is 12.0. The fourth-order valence-electron chi connectivity index (χ4n) is 1.91. The predicted molar refractivity (Wildman–Crippen MR) is 85.3 cm³/mol. The first kappa shape index (κ1) is 18.3. The zero-order valence-electron chi connectivity index (χ0n) is 13.2. The maximum atomic E-state index is 13.4. The second kappa shape index (κ2) is 8.72. The lowest BCUT2D eigenvalue weighted by Crippen LogP contribution is -2.26. The summed E-state index contributed by atoms with van der Waals surface area (Å²) in [6.45, 7) is -1.91. The van der Waals surface area contributed by atoms with Crippen LogP contribution < -0.4 is 14.9 Å². The fourth-order valence-corrected chi connectivity index (χ4v) is 1.91. The molecular formula is C17H15F3N2O3. The smallest absolute Gasteiger partial charge is 0.387 e. The number of alkyl halides is 2. The zero-order chi connectivity index (χ0) is 18.2. The Bertz CT molecular complexity index is 766. The molecule has 2 aromatic rings. The number of benzene rings is 2. The lowest BCUT2D eigenvalue weighted by atomic mass is 10.1. The summed E-state index contributed by atoms with van der Waals surface area (Å²) in [4.78, 5) is 11.7. The molecule has 0 bridgehead atoms. The molecule has 1 N–H and O–H groups in total. The van der Waals surface area contributed by atoms with Crippen molar-refractivity contribution >= 4 is 11.6 Å². The molecule has 2 rings (SSSR count). The number of rotatable bonds is 7. The second-order valence-electron chi connectivity index (χ2n) is 4.83. The van der Waals surface area contributed by atoms with Gasteiger partial charge >= 0.3 is 6.61 Å². The fraction of sp³-hybridized carbons (Fsp3) is 0.176. The van der Waals surface area contributed by atoms with Crippen molar-refractivity contribution in [3.63, 3.8) is 0 Å². The highest BCUT2D eigenvalue weighted by atomic mass is 19.3. The van der Waals surface area contributed by atoms with Gasteiger partial charge in [-0.05, 0) is 31.2 Å². The molecule has 0 spiro atoms. The van der Waals surface area contributed by atoms with E-state index < -0.39 is 24.9 Å². The van der Waals surface area contributed by atoms with Crippen LogP contribution in [0.25, 0.3) is 0 Å². The minimum atomic E-state index is -2.97. The van der Waals surface area contributed by atoms with Gasteiger partial charge in [-0.3, -0.25) is 4.79 Å². The van der Waals surface area contributed by atoms with Gasteiger partial charge in [0, 0.05) is 5.56 Å². The molecule has 0 heterocycles. The molecule has 132 valence electrons. The van der Waals surface area contributed by atoms with Gasteiger partial charge in [0.05, 0.1) is 5.71 Å². The van der Waals surface area contributed by atoms with E-state index >= 15 is 0 Å². The molecule has 0 fully saturated rings. The summed E-state index contributed by atoms with van der Waals surface area (Å²) in [5.41, 5.74) is 2.77. The van der Waals surface area contributed by atoms with Crippen LogP contribution in [0.3, 0.4) is 0 Å². The maximum absolute atomic E-state index is 13.4. The predicted octanol–water partition coefficient (Wildman–Crippen LogP) is 3.35. The first-order valence-corrected chi connectivity index (χ1v) is 7.22. The highest BCUT2D eigenvalue weighted by Crippen LogP contribution is 2.21. The molecule has 25 heavy (non-hydrogen) atoms. The Morgan fingerprint density at radius 2 is 1.76 bits per heavy atom. The van der Waals surface area contributed by atoms with Crippen LogP contribution in [-0.4, -0.2) is 24.8 Å². The molecule has 0 radical (unpaired) electrons. The highest BCUT2D eigenvalue weighted by molar-refractivity contribution is 6.01. The van der Waals surface area contributed by atoms with Crippen LogP contribution in [0.2, 0.25) is 0 Å². The number of carbonyl (C=O) groups excluding carboxylic acids is 1. The summed E-state index contributed by atoms with van der Waals surface area (Å²) in [7, 11) is 0. The molecule has 0 saturated carbocycles. The topological polar surface area (TPSA) is 59.9 Å². The van der Waals surface area contributed by atoms with Gasteiger partial charge < -0.3 is 9.47 Å². The van der Waals surface area contributed by atoms with E-state index in [4.69, 9.17) is 4.74 Å². The van der Waals surface area contributed by atoms with E-state index in [1.807, 2.05) is 0 Å². The Kier molecular flexibility index (Phi) is 6.39. The number of halogens is 3. The number of amides is 1. The summed E-state index contributed by atoms with van der Waals surface area (Å²) in [6, 6.07) is 11.7. The Balaban J connectivity index is 1.97. The third-order valence-corrected chi connectivity index (χ3v) is 3.04. The molecule has 5 nitrogen and oxygen atoms in total. The van der Waals surface area contributed by atoms with Gasteiger partial charge in [-0.2, -0.15) is 13.9 Å². The standard InChI is InChI=1S/C17H15F3N2O3/c1-11(12-6-2-4-8-14(12)25-17(19)20)21-22-16(23)10-24-15-9-5-3-7-13(15)18/h2-9,17H,10H2,1H3,(H,22,23)/b21-11+. The van der Waals surface area contributed by atoms with Gasteiger partial charge in [-0.15, -0.1) is 0 Å². The van der Waals surface area contributed by atoms with E-state index in [1.54, 1.807) is 12.1 Å². The number of para-hydroxylation sites is 2. The molecule has 2 aromatic carbocycles. The number of hydrogen-bond acceptors (Lipinski definition) is 4. The van der Waals surface area contributed by atoms with Crippen LogP contribution >= 0.6 is 0 Å². The summed E-state index contributed by atoms with van der Waals surface area (Å²) in [5, 5.41) is 3.82. The Labute approximate surface area is 142 Å². The number of carbonyl (C=O) groups is 1. The summed E-state index contributed by atoms with van der Waals surface area (Å²) in [5.74, 6) is -1.34. The Morgan fingerprint density at radius 3 is 2.44 bits per heavy atom. The number of nitrogens with one attached hydrogen (secondary N) is 1. The zero-order valence-corrected chi connectivity index (χ0v) is 13.2. The molecule has 8 heteroatoms. The van der Waals surface area contributed by atoms with E-state index in [1.165, 1.54) is 43.3 Å². The molecule has 0 atom stereocenters. The van der Waals surface area contributed by atoms with Crippen LogP contribution in [0, 0.1) is 5.82 Å². The first-order valence-electron chi connectivity index (χ1n) is 7.22. The molecule has 0 aliphatic heterocycles. The molecule has 0 unspecified atom stereocenters. The number of ether oxygens (including phenoxy) is 2. The van der Waals surface area contributed by atoms with Crippen molar-refractivity contribution in [1.29, 1.82) is 0 Å². The lowest BCUT2D eigenvalue weighted by molar-refractivity contribution is -0.123. The van der Waals surface area contributed by atoms with Crippen molar-refractivity contribution in [3.05, 3.63) is 59.9 Å². The maximum Gasteiger partial charge on any atom is 0.387 e. The Hall–Kier alpha value is -3.03. The highest BCUT2D eigenvalue weighted by Gasteiger charge is 2.12. The lowest BCUT2D eigenvalue weighted by Gasteiger charge is -2.10. The van der Waals surface area contributed by atoms with Crippen molar-refractivity contribution in [2.75, 3.05) is 6.61 Å². The minimum Gasteiger partial charge on any atom is -0.481 e. The van der Waals surface area contributed by atoms with Crippen LogP contribution in [-0.2, 0) is 4.79 Å². The van der Waals surface area contributed by atoms with Crippen molar-refractivity contribution in [3.8, 4) is 11.5 Å². The molecule has 0 aliphatic carbocycles. The van der Waals surface area contributed by atoms with Crippen molar-refractivity contribution < 1.29 is 27.4 Å². The molecule has 0 aliphatic rings. The number of hydrogen-bond donors (Lipinski definition) is 1. The van der Waals surface area contributed by atoms with E-state index in [2.05, 4.69) is 15.3 Å². The third kappa shape index (κ3) is 5.52. The van der Waals surface area contributed by atoms with Crippen molar-refractivity contribution in [2.45, 2.75) is 13.5 Å². The average Bonchev–Trinajstić information content (AvgIpc) is 2.59. The van der Waals surface area contributed by atoms with Gasteiger partial charge in [0.25, 0.3) is 5.91 Å². The van der Waals surface area contributed by atoms with Gasteiger partial charge in [-0.1, -0.05) is 24.3 Å². The summed E-state index contributed by atoms with van der Waals surface area (Å²) >= 11 is 0. The van der Waals surface area contributed by atoms with Crippen LogP contribution in [0.15, 0.2) is 53.6 Å². The Morgan fingerprint density at radius 1 is 1.12 bits per heavy atom. The second-order valence-corrected chi connectivity index (χ2v) is 4.83. The van der Waals surface area contributed by atoms with Crippen LogP contribution in [0.4, 0.5) is 13.2 Å². The summed E-state index contributed by atoms with van der Waals surface area (Å²) in [6.07, 6.45) is 0. The molecular weight excluding hydrogens is 337 g/mol. The van der Waals surface area contributed by atoms with Crippen LogP contribution in [0.5, 0.6) is 11.5 Å². The largest absolute Gasteiger partial charge is 0.481 e. The summed E-state index contributed by atoms with van der Waals surface area (Å²) < 4.78 is 47.6. The normalized spacial score (nSPS) is 11.3.